The van der Waals surface area contributed by atoms with E-state index in [-0.39, 0.29) is 24.2 Å². The van der Waals surface area contributed by atoms with Gasteiger partial charge < -0.3 is 19.1 Å². The van der Waals surface area contributed by atoms with Crippen LogP contribution in [0.15, 0.2) is 95.8 Å². The van der Waals surface area contributed by atoms with Gasteiger partial charge in [-0.1, -0.05) is 67.6 Å². The third-order valence-electron chi connectivity index (χ3n) is 8.84. The Morgan fingerprint density at radius 2 is 1.54 bits per heavy atom. The number of imidazole rings is 1. The minimum absolute atomic E-state index is 0.136. The molecule has 0 aliphatic carbocycles. The molecule has 0 N–H and O–H groups in total. The molecule has 1 aliphatic rings. The number of carbonyl (C=O) groups excluding carboxylic acids is 1. The fourth-order valence-electron chi connectivity index (χ4n) is 6.31. The third-order valence-corrected chi connectivity index (χ3v) is 8.84. The van der Waals surface area contributed by atoms with Crippen LogP contribution in [-0.2, 0) is 29.8 Å². The number of benzene rings is 3. The number of fused-ring (bicyclic) bond motifs is 1. The van der Waals surface area contributed by atoms with Gasteiger partial charge in [-0.15, -0.1) is 0 Å². The number of hydrogen-bond donors (Lipinski definition) is 0. The first-order chi connectivity index (χ1) is 23.1. The number of aryl methyl sites for hydroxylation is 1. The van der Waals surface area contributed by atoms with Crippen LogP contribution in [0, 0.1) is 11.8 Å². The number of ether oxygens (including phenoxy) is 3. The predicted octanol–water partition coefficient (Wildman–Crippen LogP) is 7.08. The van der Waals surface area contributed by atoms with Gasteiger partial charge in [-0.3, -0.25) is 13.9 Å². The average Bonchev–Trinajstić information content (AvgIpc) is 3.32. The molecular weight excluding hydrogens is 604 g/mol. The summed E-state index contributed by atoms with van der Waals surface area (Å²) in [6.07, 6.45) is 1.33. The van der Waals surface area contributed by atoms with Crippen molar-refractivity contribution in [1.82, 2.24) is 14.1 Å². The van der Waals surface area contributed by atoms with Gasteiger partial charge >= 0.3 is 11.7 Å². The van der Waals surface area contributed by atoms with Gasteiger partial charge in [0.15, 0.2) is 0 Å². The maximum absolute atomic E-state index is 13.8. The first kappa shape index (κ1) is 32.9. The Kier molecular flexibility index (Phi) is 9.57. The summed E-state index contributed by atoms with van der Waals surface area (Å²) < 4.78 is 21.2. The van der Waals surface area contributed by atoms with Crippen LogP contribution >= 0.6 is 0 Å². The third kappa shape index (κ3) is 7.56. The Balaban J connectivity index is 1.26. The highest BCUT2D eigenvalue weighted by atomic mass is 16.6. The lowest BCUT2D eigenvalue weighted by molar-refractivity contribution is -0.156. The largest absolute Gasteiger partial charge is 0.473 e. The molecule has 0 bridgehead atoms. The molecule has 3 aromatic carbocycles. The summed E-state index contributed by atoms with van der Waals surface area (Å²) in [5, 5.41) is 0. The number of aromatic nitrogens is 3. The topological polar surface area (TPSA) is 87.8 Å². The lowest BCUT2D eigenvalue weighted by atomic mass is 9.84. The number of piperidine rings is 1. The molecule has 250 valence electrons. The number of carbonyl (C=O) groups is 1. The maximum Gasteiger partial charge on any atom is 0.333 e. The van der Waals surface area contributed by atoms with Crippen LogP contribution in [0.2, 0.25) is 0 Å². The van der Waals surface area contributed by atoms with Crippen molar-refractivity contribution < 1.29 is 19.0 Å². The van der Waals surface area contributed by atoms with E-state index in [0.29, 0.717) is 36.4 Å². The molecule has 9 heteroatoms. The highest BCUT2D eigenvalue weighted by molar-refractivity contribution is 5.82. The van der Waals surface area contributed by atoms with Crippen molar-refractivity contribution in [1.29, 1.82) is 0 Å². The van der Waals surface area contributed by atoms with Crippen LogP contribution in [-0.4, -0.2) is 38.8 Å². The molecule has 6 rings (SSSR count). The minimum Gasteiger partial charge on any atom is -0.473 e. The summed E-state index contributed by atoms with van der Waals surface area (Å²) in [7, 11) is 1.79. The van der Waals surface area contributed by atoms with Crippen LogP contribution in [0.3, 0.4) is 0 Å². The zero-order chi connectivity index (χ0) is 33.8. The van der Waals surface area contributed by atoms with E-state index in [1.165, 1.54) is 0 Å². The fraction of sp³-hybridized carbons (Fsp3) is 0.359. The monoisotopic (exact) mass is 648 g/mol. The number of nitrogens with zero attached hydrogens (tertiary/aromatic N) is 4. The average molecular weight is 649 g/mol. The van der Waals surface area contributed by atoms with E-state index >= 15 is 0 Å². The number of rotatable bonds is 10. The standard InChI is InChI=1S/C39H44N4O5/c1-27-24-42(21-20-30(27)22-36(44)48-39(2,3)4)31-16-17-32-34(23-31)41(5)38(45)43(32)33-18-19-35(46-25-28-12-8-6-9-13-28)40-37(33)47-26-29-14-10-7-11-15-29/h6-19,23,27,30H,20-22,24-26H2,1-5H3/t27-,30+/m1/s1. The first-order valence-corrected chi connectivity index (χ1v) is 16.6. The van der Waals surface area contributed by atoms with Gasteiger partial charge in [0.1, 0.15) is 24.5 Å². The Morgan fingerprint density at radius 3 is 2.19 bits per heavy atom. The van der Waals surface area contributed by atoms with Crippen molar-refractivity contribution in [3.8, 4) is 17.4 Å². The molecular formula is C39H44N4O5. The number of anilines is 1. The molecule has 0 saturated carbocycles. The van der Waals surface area contributed by atoms with Crippen molar-refractivity contribution >= 4 is 22.7 Å². The summed E-state index contributed by atoms with van der Waals surface area (Å²) >= 11 is 0. The van der Waals surface area contributed by atoms with Crippen LogP contribution in [0.4, 0.5) is 5.69 Å². The molecule has 1 fully saturated rings. The smallest absolute Gasteiger partial charge is 0.333 e. The Morgan fingerprint density at radius 1 is 0.875 bits per heavy atom. The molecule has 3 heterocycles. The van der Waals surface area contributed by atoms with E-state index < -0.39 is 5.60 Å². The SMILES string of the molecule is C[C@@H]1CN(c2ccc3c(c2)n(C)c(=O)n3-c2ccc(OCc3ccccc3)nc2OCc2ccccc2)CC[C@H]1CC(=O)OC(C)(C)C. The normalized spacial score (nSPS) is 16.6. The lowest BCUT2D eigenvalue weighted by Crippen LogP contribution is -2.40. The van der Waals surface area contributed by atoms with Gasteiger partial charge in [0.05, 0.1) is 11.0 Å². The second-order valence-corrected chi connectivity index (χ2v) is 13.6. The zero-order valence-electron chi connectivity index (χ0n) is 28.4. The molecule has 1 saturated heterocycles. The Bertz CT molecular complexity index is 1930. The van der Waals surface area contributed by atoms with Gasteiger partial charge in [-0.25, -0.2) is 4.79 Å². The van der Waals surface area contributed by atoms with E-state index in [0.717, 1.165) is 47.4 Å². The van der Waals surface area contributed by atoms with Crippen LogP contribution < -0.4 is 20.1 Å². The highest BCUT2D eigenvalue weighted by Gasteiger charge is 2.30. The molecule has 48 heavy (non-hydrogen) atoms. The summed E-state index contributed by atoms with van der Waals surface area (Å²) in [5.41, 5.74) is 4.47. The van der Waals surface area contributed by atoms with Gasteiger partial charge in [0, 0.05) is 38.3 Å². The summed E-state index contributed by atoms with van der Waals surface area (Å²) in [6.45, 7) is 10.2. The number of esters is 1. The second-order valence-electron chi connectivity index (χ2n) is 13.6. The second kappa shape index (κ2) is 14.0. The molecule has 0 spiro atoms. The molecule has 2 atom stereocenters. The van der Waals surface area contributed by atoms with E-state index in [1.807, 2.05) is 93.6 Å². The Labute approximate surface area is 281 Å². The molecule has 5 aromatic rings. The van der Waals surface area contributed by atoms with Gasteiger partial charge in [-0.2, -0.15) is 4.98 Å². The molecule has 2 aromatic heterocycles. The Hall–Kier alpha value is -5.05. The van der Waals surface area contributed by atoms with Crippen molar-refractivity contribution in [2.24, 2.45) is 18.9 Å². The van der Waals surface area contributed by atoms with Crippen molar-refractivity contribution in [2.45, 2.75) is 59.4 Å². The van der Waals surface area contributed by atoms with Crippen molar-refractivity contribution in [2.75, 3.05) is 18.0 Å². The predicted molar refractivity (Wildman–Crippen MR) is 188 cm³/mol. The zero-order valence-corrected chi connectivity index (χ0v) is 28.4. The van der Waals surface area contributed by atoms with Crippen molar-refractivity contribution in [3.05, 3.63) is 113 Å². The molecule has 9 nitrogen and oxygen atoms in total. The van der Waals surface area contributed by atoms with Crippen LogP contribution in [0.5, 0.6) is 11.8 Å². The van der Waals surface area contributed by atoms with E-state index in [9.17, 15) is 9.59 Å². The molecule has 0 radical (unpaired) electrons. The van der Waals surface area contributed by atoms with E-state index in [4.69, 9.17) is 19.2 Å². The van der Waals surface area contributed by atoms with Gasteiger partial charge in [-0.05, 0) is 74.4 Å². The van der Waals surface area contributed by atoms with Crippen LogP contribution in [0.1, 0.15) is 51.7 Å². The number of hydrogen-bond acceptors (Lipinski definition) is 7. The quantitative estimate of drug-likeness (QED) is 0.150. The van der Waals surface area contributed by atoms with Gasteiger partial charge in [0.25, 0.3) is 0 Å². The summed E-state index contributed by atoms with van der Waals surface area (Å²) in [4.78, 5) is 33.4. The van der Waals surface area contributed by atoms with E-state index in [2.05, 4.69) is 24.0 Å². The van der Waals surface area contributed by atoms with E-state index in [1.54, 1.807) is 22.2 Å². The number of pyridine rings is 1. The molecule has 0 amide bonds. The minimum atomic E-state index is -0.480. The highest BCUT2D eigenvalue weighted by Crippen LogP contribution is 2.33. The molecule has 1 aliphatic heterocycles. The van der Waals surface area contributed by atoms with Gasteiger partial charge in [0.2, 0.25) is 11.8 Å². The molecule has 0 unspecified atom stereocenters. The van der Waals surface area contributed by atoms with Crippen molar-refractivity contribution in [3.63, 3.8) is 0 Å². The van der Waals surface area contributed by atoms with Crippen LogP contribution in [0.25, 0.3) is 16.7 Å². The first-order valence-electron chi connectivity index (χ1n) is 16.6. The summed E-state index contributed by atoms with van der Waals surface area (Å²) in [6, 6.07) is 29.5. The fourth-order valence-corrected chi connectivity index (χ4v) is 6.31. The summed E-state index contributed by atoms with van der Waals surface area (Å²) in [5.74, 6) is 1.16. The lowest BCUT2D eigenvalue weighted by Gasteiger charge is -2.38. The maximum atomic E-state index is 13.8.